The number of benzene rings is 1. The second-order valence-electron chi connectivity index (χ2n) is 3.89. The van der Waals surface area contributed by atoms with E-state index in [1.165, 1.54) is 0 Å². The van der Waals surface area contributed by atoms with Crippen molar-refractivity contribution in [3.8, 4) is 6.01 Å². The van der Waals surface area contributed by atoms with Crippen LogP contribution in [0.5, 0.6) is 6.01 Å². The van der Waals surface area contributed by atoms with E-state index in [4.69, 9.17) is 0 Å². The molecule has 0 fully saturated rings. The first kappa shape index (κ1) is 9.06. The van der Waals surface area contributed by atoms with Crippen molar-refractivity contribution in [2.75, 3.05) is 0 Å². The Balaban J connectivity index is 2.56. The van der Waals surface area contributed by atoms with Crippen LogP contribution >= 0.6 is 0 Å². The summed E-state index contributed by atoms with van der Waals surface area (Å²) in [7, 11) is 0. The highest BCUT2D eigenvalue weighted by atomic mass is 16.3. The van der Waals surface area contributed by atoms with Crippen LogP contribution in [0.2, 0.25) is 0 Å². The fourth-order valence-electron chi connectivity index (χ4n) is 1.59. The molecule has 2 aromatic rings. The second-order valence-corrected chi connectivity index (χ2v) is 3.89. The number of hydrogen-bond donors (Lipinski definition) is 0. The van der Waals surface area contributed by atoms with Crippen LogP contribution in [0, 0.1) is 5.92 Å². The molecule has 0 aliphatic rings. The lowest BCUT2D eigenvalue weighted by Crippen LogP contribution is -2.08. The first-order valence-corrected chi connectivity index (χ1v) is 4.81. The summed E-state index contributed by atoms with van der Waals surface area (Å²) in [5.74, 6) is 0.459. The molecule has 0 saturated carbocycles. The van der Waals surface area contributed by atoms with Crippen LogP contribution < -0.4 is 5.11 Å². The van der Waals surface area contributed by atoms with Gasteiger partial charge < -0.3 is 9.67 Å². The van der Waals surface area contributed by atoms with Gasteiger partial charge in [-0.2, -0.15) is 0 Å². The Kier molecular flexibility index (Phi) is 2.15. The Morgan fingerprint density at radius 1 is 1.36 bits per heavy atom. The van der Waals surface area contributed by atoms with Gasteiger partial charge in [0, 0.05) is 6.54 Å². The topological polar surface area (TPSA) is 40.9 Å². The molecule has 0 spiro atoms. The van der Waals surface area contributed by atoms with E-state index in [0.29, 0.717) is 5.92 Å². The highest BCUT2D eigenvalue weighted by Gasteiger charge is 2.04. The summed E-state index contributed by atoms with van der Waals surface area (Å²) >= 11 is 0. The molecule has 3 nitrogen and oxygen atoms in total. The highest BCUT2D eigenvalue weighted by molar-refractivity contribution is 5.76. The molecule has 1 aromatic heterocycles. The third-order valence-electron chi connectivity index (χ3n) is 2.17. The molecule has 1 heterocycles. The number of nitrogens with zero attached hydrogens (tertiary/aromatic N) is 2. The van der Waals surface area contributed by atoms with E-state index in [9.17, 15) is 5.11 Å². The molecule has 0 radical (unpaired) electrons. The highest BCUT2D eigenvalue weighted by Crippen LogP contribution is 2.19. The third kappa shape index (κ3) is 1.45. The maximum Gasteiger partial charge on any atom is 0.0877 e. The van der Waals surface area contributed by atoms with E-state index < -0.39 is 0 Å². The summed E-state index contributed by atoms with van der Waals surface area (Å²) in [6.45, 7) is 4.92. The molecular weight excluding hydrogens is 176 g/mol. The molecule has 0 saturated heterocycles. The minimum Gasteiger partial charge on any atom is -0.846 e. The standard InChI is InChI=1S/C11H14N2O/c1-8(2)7-13-10-6-4-3-5-9(10)12-11(13)14/h3-6,8H,7H2,1-2H3,(H,12,14)/p-1. The number of aromatic nitrogens is 2. The Hall–Kier alpha value is -1.51. The van der Waals surface area contributed by atoms with Crippen molar-refractivity contribution in [2.45, 2.75) is 20.4 Å². The van der Waals surface area contributed by atoms with Gasteiger partial charge in [-0.05, 0) is 18.1 Å². The van der Waals surface area contributed by atoms with Crippen LogP contribution in [0.25, 0.3) is 11.0 Å². The Labute approximate surface area is 83.0 Å². The zero-order chi connectivity index (χ0) is 10.1. The number of rotatable bonds is 2. The van der Waals surface area contributed by atoms with Gasteiger partial charge in [-0.15, -0.1) is 0 Å². The van der Waals surface area contributed by atoms with Gasteiger partial charge in [0.1, 0.15) is 0 Å². The van der Waals surface area contributed by atoms with E-state index in [1.54, 1.807) is 4.57 Å². The van der Waals surface area contributed by atoms with E-state index >= 15 is 0 Å². The average Bonchev–Trinajstić information content (AvgIpc) is 2.43. The first-order chi connectivity index (χ1) is 6.68. The van der Waals surface area contributed by atoms with E-state index in [-0.39, 0.29) is 6.01 Å². The summed E-state index contributed by atoms with van der Waals surface area (Å²) < 4.78 is 1.74. The molecule has 3 heteroatoms. The molecule has 0 atom stereocenters. The van der Waals surface area contributed by atoms with Crippen molar-refractivity contribution in [1.29, 1.82) is 0 Å². The fourth-order valence-corrected chi connectivity index (χ4v) is 1.59. The fraction of sp³-hybridized carbons (Fsp3) is 0.364. The summed E-state index contributed by atoms with van der Waals surface area (Å²) in [6.07, 6.45) is 0. The molecule has 0 aliphatic carbocycles. The number of fused-ring (bicyclic) bond motifs is 1. The van der Waals surface area contributed by atoms with Gasteiger partial charge in [-0.3, -0.25) is 0 Å². The molecule has 0 N–H and O–H groups in total. The molecular formula is C11H13N2O-. The second kappa shape index (κ2) is 3.33. The van der Waals surface area contributed by atoms with Gasteiger partial charge in [0.15, 0.2) is 0 Å². The zero-order valence-corrected chi connectivity index (χ0v) is 8.40. The Morgan fingerprint density at radius 2 is 2.07 bits per heavy atom. The van der Waals surface area contributed by atoms with Crippen LogP contribution in [0.15, 0.2) is 24.3 Å². The smallest absolute Gasteiger partial charge is 0.0877 e. The van der Waals surface area contributed by atoms with Crippen LogP contribution in [-0.2, 0) is 6.54 Å². The molecule has 1 aromatic carbocycles. The van der Waals surface area contributed by atoms with Gasteiger partial charge >= 0.3 is 0 Å². The first-order valence-electron chi connectivity index (χ1n) is 4.81. The van der Waals surface area contributed by atoms with Crippen molar-refractivity contribution in [3.63, 3.8) is 0 Å². The maximum absolute atomic E-state index is 11.5. The van der Waals surface area contributed by atoms with Gasteiger partial charge in [-0.1, -0.05) is 26.0 Å². The van der Waals surface area contributed by atoms with E-state index in [2.05, 4.69) is 18.8 Å². The number of para-hydroxylation sites is 2. The summed E-state index contributed by atoms with van der Waals surface area (Å²) in [6, 6.07) is 7.49. The van der Waals surface area contributed by atoms with Crippen molar-refractivity contribution in [1.82, 2.24) is 9.55 Å². The lowest BCUT2D eigenvalue weighted by Gasteiger charge is -2.13. The van der Waals surface area contributed by atoms with Crippen LogP contribution in [-0.4, -0.2) is 9.55 Å². The summed E-state index contributed by atoms with van der Waals surface area (Å²) in [5, 5.41) is 11.5. The Morgan fingerprint density at radius 3 is 2.79 bits per heavy atom. The molecule has 0 bridgehead atoms. The molecule has 0 unspecified atom stereocenters. The van der Waals surface area contributed by atoms with Crippen LogP contribution in [0.1, 0.15) is 13.8 Å². The molecule has 2 rings (SSSR count). The lowest BCUT2D eigenvalue weighted by molar-refractivity contribution is -0.285. The number of imidazole rings is 1. The predicted molar refractivity (Wildman–Crippen MR) is 54.0 cm³/mol. The third-order valence-corrected chi connectivity index (χ3v) is 2.17. The predicted octanol–water partition coefficient (Wildman–Crippen LogP) is 1.77. The molecule has 0 aliphatic heterocycles. The minimum absolute atomic E-state index is 0.139. The van der Waals surface area contributed by atoms with Gasteiger partial charge in [0.05, 0.1) is 17.0 Å². The molecule has 74 valence electrons. The minimum atomic E-state index is -0.139. The maximum atomic E-state index is 11.5. The van der Waals surface area contributed by atoms with Gasteiger partial charge in [-0.25, -0.2) is 4.98 Å². The zero-order valence-electron chi connectivity index (χ0n) is 8.40. The molecule has 0 amide bonds. The Bertz CT molecular complexity index is 445. The van der Waals surface area contributed by atoms with Gasteiger partial charge in [0.25, 0.3) is 0 Å². The lowest BCUT2D eigenvalue weighted by atomic mass is 10.2. The summed E-state index contributed by atoms with van der Waals surface area (Å²) in [4.78, 5) is 3.97. The van der Waals surface area contributed by atoms with Crippen molar-refractivity contribution in [2.24, 2.45) is 5.92 Å². The average molecular weight is 189 g/mol. The largest absolute Gasteiger partial charge is 0.846 e. The van der Waals surface area contributed by atoms with E-state index in [1.807, 2.05) is 24.3 Å². The SMILES string of the molecule is CC(C)Cn1c([O-])nc2ccccc21. The van der Waals surface area contributed by atoms with Crippen LogP contribution in [0.4, 0.5) is 0 Å². The van der Waals surface area contributed by atoms with Crippen molar-refractivity contribution < 1.29 is 5.11 Å². The quantitative estimate of drug-likeness (QED) is 0.722. The van der Waals surface area contributed by atoms with Crippen molar-refractivity contribution in [3.05, 3.63) is 24.3 Å². The van der Waals surface area contributed by atoms with Gasteiger partial charge in [0.2, 0.25) is 0 Å². The number of hydrogen-bond acceptors (Lipinski definition) is 2. The van der Waals surface area contributed by atoms with Crippen LogP contribution in [0.3, 0.4) is 0 Å². The monoisotopic (exact) mass is 189 g/mol. The van der Waals surface area contributed by atoms with Crippen molar-refractivity contribution >= 4 is 11.0 Å². The normalized spacial score (nSPS) is 11.4. The molecule has 14 heavy (non-hydrogen) atoms. The van der Waals surface area contributed by atoms with E-state index in [0.717, 1.165) is 17.6 Å². The summed E-state index contributed by atoms with van der Waals surface area (Å²) in [5.41, 5.74) is 1.73.